The summed E-state index contributed by atoms with van der Waals surface area (Å²) < 4.78 is 10.8. The van der Waals surface area contributed by atoms with Gasteiger partial charge in [0, 0.05) is 37.5 Å². The van der Waals surface area contributed by atoms with Gasteiger partial charge in [0.05, 0.1) is 12.8 Å². The Hall–Kier alpha value is -2.83. The SMILES string of the molecule is CCOC(=O)N1CCC(NC(=O)CCc2ncc(-c3ccc(C)cc3)o2)CC1. The van der Waals surface area contributed by atoms with Crippen molar-refractivity contribution < 1.29 is 18.7 Å². The van der Waals surface area contributed by atoms with Crippen molar-refractivity contribution in [2.75, 3.05) is 19.7 Å². The molecule has 1 fully saturated rings. The van der Waals surface area contributed by atoms with E-state index in [2.05, 4.69) is 10.3 Å². The summed E-state index contributed by atoms with van der Waals surface area (Å²) in [5.74, 6) is 1.24. The van der Waals surface area contributed by atoms with Crippen LogP contribution in [0.2, 0.25) is 0 Å². The summed E-state index contributed by atoms with van der Waals surface area (Å²) in [4.78, 5) is 29.9. The molecule has 0 atom stereocenters. The van der Waals surface area contributed by atoms with Gasteiger partial charge in [-0.2, -0.15) is 0 Å². The topological polar surface area (TPSA) is 84.7 Å². The molecular formula is C21H27N3O4. The number of rotatable bonds is 6. The van der Waals surface area contributed by atoms with Crippen LogP contribution in [-0.2, 0) is 16.0 Å². The van der Waals surface area contributed by atoms with Crippen molar-refractivity contribution in [1.82, 2.24) is 15.2 Å². The zero-order valence-electron chi connectivity index (χ0n) is 16.4. The van der Waals surface area contributed by atoms with Crippen LogP contribution >= 0.6 is 0 Å². The van der Waals surface area contributed by atoms with Crippen LogP contribution in [0.5, 0.6) is 0 Å². The van der Waals surface area contributed by atoms with Crippen LogP contribution in [-0.4, -0.2) is 47.6 Å². The minimum absolute atomic E-state index is 0.0235. The minimum Gasteiger partial charge on any atom is -0.450 e. The number of benzene rings is 1. The van der Waals surface area contributed by atoms with Crippen LogP contribution in [0.25, 0.3) is 11.3 Å². The first-order valence-corrected chi connectivity index (χ1v) is 9.78. The summed E-state index contributed by atoms with van der Waals surface area (Å²) in [5.41, 5.74) is 2.16. The highest BCUT2D eigenvalue weighted by atomic mass is 16.6. The number of carbonyl (C=O) groups excluding carboxylic acids is 2. The summed E-state index contributed by atoms with van der Waals surface area (Å²) in [6, 6.07) is 8.13. The summed E-state index contributed by atoms with van der Waals surface area (Å²) in [6.07, 6.45) is 3.68. The Bertz CT molecular complexity index is 792. The number of nitrogens with zero attached hydrogens (tertiary/aromatic N) is 2. The third-order valence-electron chi connectivity index (χ3n) is 4.84. The second-order valence-corrected chi connectivity index (χ2v) is 7.01. The van der Waals surface area contributed by atoms with Gasteiger partial charge >= 0.3 is 6.09 Å². The van der Waals surface area contributed by atoms with Crippen LogP contribution in [0.15, 0.2) is 34.9 Å². The number of aryl methyl sites for hydroxylation is 2. The number of piperidine rings is 1. The van der Waals surface area contributed by atoms with E-state index in [1.807, 2.05) is 31.2 Å². The summed E-state index contributed by atoms with van der Waals surface area (Å²) in [7, 11) is 0. The van der Waals surface area contributed by atoms with E-state index < -0.39 is 0 Å². The lowest BCUT2D eigenvalue weighted by Crippen LogP contribution is -2.46. The molecule has 1 saturated heterocycles. The summed E-state index contributed by atoms with van der Waals surface area (Å²) in [6.45, 7) is 5.41. The van der Waals surface area contributed by atoms with Crippen molar-refractivity contribution in [1.29, 1.82) is 0 Å². The number of carbonyl (C=O) groups is 2. The lowest BCUT2D eigenvalue weighted by atomic mass is 10.1. The normalized spacial score (nSPS) is 14.7. The standard InChI is InChI=1S/C21H27N3O4/c1-3-27-21(26)24-12-10-17(11-13-24)23-19(25)8-9-20-22-14-18(28-20)16-6-4-15(2)5-7-16/h4-7,14,17H,3,8-13H2,1-2H3,(H,23,25). The van der Waals surface area contributed by atoms with E-state index in [4.69, 9.17) is 9.15 Å². The average molecular weight is 385 g/mol. The van der Waals surface area contributed by atoms with E-state index in [-0.39, 0.29) is 18.0 Å². The second-order valence-electron chi connectivity index (χ2n) is 7.01. The van der Waals surface area contributed by atoms with Crippen molar-refractivity contribution in [2.45, 2.75) is 45.6 Å². The molecule has 150 valence electrons. The molecule has 3 rings (SSSR count). The van der Waals surface area contributed by atoms with Gasteiger partial charge in [0.2, 0.25) is 5.91 Å². The lowest BCUT2D eigenvalue weighted by molar-refractivity contribution is -0.122. The van der Waals surface area contributed by atoms with Crippen molar-refractivity contribution in [3.8, 4) is 11.3 Å². The first kappa shape index (κ1) is 19.9. The molecule has 0 aliphatic carbocycles. The minimum atomic E-state index is -0.277. The number of hydrogen-bond acceptors (Lipinski definition) is 5. The Morgan fingerprint density at radius 2 is 1.96 bits per heavy atom. The van der Waals surface area contributed by atoms with E-state index in [1.54, 1.807) is 18.0 Å². The van der Waals surface area contributed by atoms with Crippen LogP contribution in [0.4, 0.5) is 4.79 Å². The fraction of sp³-hybridized carbons (Fsp3) is 0.476. The van der Waals surface area contributed by atoms with Crippen LogP contribution < -0.4 is 5.32 Å². The molecule has 0 unspecified atom stereocenters. The van der Waals surface area contributed by atoms with Crippen molar-refractivity contribution in [2.24, 2.45) is 0 Å². The molecule has 2 heterocycles. The Kier molecular flexibility index (Phi) is 6.68. The zero-order valence-corrected chi connectivity index (χ0v) is 16.4. The Morgan fingerprint density at radius 3 is 2.64 bits per heavy atom. The third kappa shape index (κ3) is 5.34. The molecule has 2 amide bonds. The third-order valence-corrected chi connectivity index (χ3v) is 4.84. The molecule has 0 saturated carbocycles. The maximum atomic E-state index is 12.2. The predicted molar refractivity (Wildman–Crippen MR) is 105 cm³/mol. The van der Waals surface area contributed by atoms with Crippen LogP contribution in [0, 0.1) is 6.92 Å². The number of oxazole rings is 1. The quantitative estimate of drug-likeness (QED) is 0.825. The maximum Gasteiger partial charge on any atom is 0.409 e. The maximum absolute atomic E-state index is 12.2. The number of ether oxygens (including phenoxy) is 1. The van der Waals surface area contributed by atoms with Crippen LogP contribution in [0.1, 0.15) is 37.6 Å². The van der Waals surface area contributed by atoms with Gasteiger partial charge in [0.1, 0.15) is 0 Å². The summed E-state index contributed by atoms with van der Waals surface area (Å²) in [5, 5.41) is 3.04. The molecule has 1 aromatic heterocycles. The molecule has 1 aliphatic rings. The average Bonchev–Trinajstić information content (AvgIpc) is 3.17. The Morgan fingerprint density at radius 1 is 1.25 bits per heavy atom. The van der Waals surface area contributed by atoms with E-state index in [0.717, 1.165) is 18.4 Å². The second kappa shape index (κ2) is 9.39. The van der Waals surface area contributed by atoms with Gasteiger partial charge in [-0.05, 0) is 26.7 Å². The largest absolute Gasteiger partial charge is 0.450 e. The van der Waals surface area contributed by atoms with Gasteiger partial charge in [-0.1, -0.05) is 29.8 Å². The number of amides is 2. The van der Waals surface area contributed by atoms with Gasteiger partial charge in [0.15, 0.2) is 11.7 Å². The molecule has 2 aromatic rings. The van der Waals surface area contributed by atoms with E-state index in [1.165, 1.54) is 5.56 Å². The highest BCUT2D eigenvalue weighted by molar-refractivity contribution is 5.76. The zero-order chi connectivity index (χ0) is 19.9. The van der Waals surface area contributed by atoms with E-state index in [9.17, 15) is 9.59 Å². The fourth-order valence-corrected chi connectivity index (χ4v) is 3.22. The molecule has 0 bridgehead atoms. The van der Waals surface area contributed by atoms with Gasteiger partial charge in [0.25, 0.3) is 0 Å². The monoisotopic (exact) mass is 385 g/mol. The molecule has 1 aromatic carbocycles. The summed E-state index contributed by atoms with van der Waals surface area (Å²) >= 11 is 0. The van der Waals surface area contributed by atoms with Crippen molar-refractivity contribution >= 4 is 12.0 Å². The lowest BCUT2D eigenvalue weighted by Gasteiger charge is -2.31. The molecule has 1 N–H and O–H groups in total. The smallest absolute Gasteiger partial charge is 0.409 e. The number of nitrogens with one attached hydrogen (secondary N) is 1. The molecule has 0 radical (unpaired) electrons. The number of likely N-dealkylation sites (tertiary alicyclic amines) is 1. The van der Waals surface area contributed by atoms with E-state index in [0.29, 0.717) is 44.2 Å². The van der Waals surface area contributed by atoms with Crippen LogP contribution in [0.3, 0.4) is 0 Å². The molecular weight excluding hydrogens is 358 g/mol. The first-order valence-electron chi connectivity index (χ1n) is 9.78. The van der Waals surface area contributed by atoms with E-state index >= 15 is 0 Å². The fourth-order valence-electron chi connectivity index (χ4n) is 3.22. The highest BCUT2D eigenvalue weighted by Crippen LogP contribution is 2.21. The van der Waals surface area contributed by atoms with Crippen molar-refractivity contribution in [3.63, 3.8) is 0 Å². The first-order chi connectivity index (χ1) is 13.5. The van der Waals surface area contributed by atoms with Gasteiger partial charge < -0.3 is 19.4 Å². The van der Waals surface area contributed by atoms with Gasteiger partial charge in [-0.25, -0.2) is 9.78 Å². The Balaban J connectivity index is 1.42. The van der Waals surface area contributed by atoms with Gasteiger partial charge in [-0.15, -0.1) is 0 Å². The predicted octanol–water partition coefficient (Wildman–Crippen LogP) is 3.32. The highest BCUT2D eigenvalue weighted by Gasteiger charge is 2.24. The number of hydrogen-bond donors (Lipinski definition) is 1. The molecule has 1 aliphatic heterocycles. The molecule has 7 heteroatoms. The Labute approximate surface area is 165 Å². The molecule has 0 spiro atoms. The number of aromatic nitrogens is 1. The molecule has 7 nitrogen and oxygen atoms in total. The van der Waals surface area contributed by atoms with Crippen molar-refractivity contribution in [3.05, 3.63) is 41.9 Å². The molecule has 28 heavy (non-hydrogen) atoms. The van der Waals surface area contributed by atoms with Gasteiger partial charge in [-0.3, -0.25) is 4.79 Å².